The Kier molecular flexibility index (Phi) is 9.21. The molecule has 0 amide bonds. The van der Waals surface area contributed by atoms with Crippen molar-refractivity contribution in [2.75, 3.05) is 45.9 Å². The van der Waals surface area contributed by atoms with E-state index in [2.05, 4.69) is 44.1 Å². The first-order valence-electron chi connectivity index (χ1n) is 8.87. The van der Waals surface area contributed by atoms with E-state index in [1.165, 1.54) is 5.57 Å². The average molecular weight is 296 g/mol. The normalized spacial score (nSPS) is 23.2. The molecule has 1 aliphatic carbocycles. The Bertz CT molecular complexity index is 285. The van der Waals surface area contributed by atoms with Gasteiger partial charge in [0.05, 0.1) is 12.7 Å². The van der Waals surface area contributed by atoms with Crippen LogP contribution in [0.4, 0.5) is 0 Å². The van der Waals surface area contributed by atoms with Gasteiger partial charge in [0, 0.05) is 19.0 Å². The largest absolute Gasteiger partial charge is 0.377 e. The molecule has 2 unspecified atom stereocenters. The van der Waals surface area contributed by atoms with Crippen molar-refractivity contribution < 1.29 is 4.74 Å². The van der Waals surface area contributed by atoms with Crippen molar-refractivity contribution >= 4 is 0 Å². The molecule has 1 aliphatic rings. The maximum absolute atomic E-state index is 6.26. The molecule has 2 atom stereocenters. The van der Waals surface area contributed by atoms with Crippen molar-refractivity contribution in [3.05, 3.63) is 12.2 Å². The van der Waals surface area contributed by atoms with Crippen LogP contribution in [0.25, 0.3) is 0 Å². The number of ether oxygens (including phenoxy) is 1. The van der Waals surface area contributed by atoms with Crippen LogP contribution in [-0.2, 0) is 4.74 Å². The minimum Gasteiger partial charge on any atom is -0.377 e. The smallest absolute Gasteiger partial charge is 0.0622 e. The van der Waals surface area contributed by atoms with Crippen LogP contribution < -0.4 is 0 Å². The predicted octanol–water partition coefficient (Wildman–Crippen LogP) is 3.41. The second kappa shape index (κ2) is 10.4. The van der Waals surface area contributed by atoms with Gasteiger partial charge in [0.25, 0.3) is 0 Å². The Labute approximate surface area is 132 Å². The molecule has 0 aromatic heterocycles. The molecule has 124 valence electrons. The van der Waals surface area contributed by atoms with Crippen molar-refractivity contribution in [3.63, 3.8) is 0 Å². The van der Waals surface area contributed by atoms with Gasteiger partial charge in [0.1, 0.15) is 0 Å². The molecule has 1 fully saturated rings. The highest BCUT2D eigenvalue weighted by Crippen LogP contribution is 2.30. The van der Waals surface area contributed by atoms with E-state index in [0.29, 0.717) is 12.0 Å². The first-order chi connectivity index (χ1) is 10.1. The monoisotopic (exact) mass is 296 g/mol. The van der Waals surface area contributed by atoms with E-state index in [-0.39, 0.29) is 0 Å². The van der Waals surface area contributed by atoms with Crippen LogP contribution in [0.2, 0.25) is 0 Å². The van der Waals surface area contributed by atoms with Gasteiger partial charge in [-0.05, 0) is 45.4 Å². The second-order valence-corrected chi connectivity index (χ2v) is 6.17. The van der Waals surface area contributed by atoms with Gasteiger partial charge in [-0.1, -0.05) is 39.8 Å². The van der Waals surface area contributed by atoms with E-state index < -0.39 is 0 Å². The summed E-state index contributed by atoms with van der Waals surface area (Å²) in [6.45, 7) is 20.7. The Morgan fingerprint density at radius 1 is 1.05 bits per heavy atom. The third-order valence-electron chi connectivity index (χ3n) is 4.88. The Morgan fingerprint density at radius 3 is 2.24 bits per heavy atom. The van der Waals surface area contributed by atoms with E-state index in [4.69, 9.17) is 4.74 Å². The summed E-state index contributed by atoms with van der Waals surface area (Å²) in [4.78, 5) is 4.95. The molecular weight excluding hydrogens is 260 g/mol. The Hall–Kier alpha value is -0.380. The first kappa shape index (κ1) is 18.7. The standard InChI is InChI=1S/C18H36N2O/c1-6-19(7-2)12-13-21-18-11-10-16(5)14-17(18)15-20(8-3)9-4/h17-18H,5-15H2,1-4H3. The SMILES string of the molecule is C=C1CCC(OCCN(CC)CC)C(CN(CC)CC)C1. The highest BCUT2D eigenvalue weighted by atomic mass is 16.5. The van der Waals surface area contributed by atoms with Gasteiger partial charge in [0.2, 0.25) is 0 Å². The minimum atomic E-state index is 0.423. The fourth-order valence-electron chi connectivity index (χ4n) is 3.27. The van der Waals surface area contributed by atoms with Gasteiger partial charge in [-0.15, -0.1) is 0 Å². The zero-order chi connectivity index (χ0) is 15.7. The average Bonchev–Trinajstić information content (AvgIpc) is 2.50. The summed E-state index contributed by atoms with van der Waals surface area (Å²) in [5.41, 5.74) is 1.41. The highest BCUT2D eigenvalue weighted by molar-refractivity contribution is 5.02. The molecule has 0 aliphatic heterocycles. The molecular formula is C18H36N2O. The van der Waals surface area contributed by atoms with E-state index >= 15 is 0 Å². The summed E-state index contributed by atoms with van der Waals surface area (Å²) in [5, 5.41) is 0. The molecule has 0 aromatic carbocycles. The third kappa shape index (κ3) is 6.50. The number of rotatable bonds is 10. The lowest BCUT2D eigenvalue weighted by Gasteiger charge is -2.36. The van der Waals surface area contributed by atoms with Crippen LogP contribution in [0.15, 0.2) is 12.2 Å². The van der Waals surface area contributed by atoms with E-state index in [1.54, 1.807) is 0 Å². The summed E-state index contributed by atoms with van der Waals surface area (Å²) >= 11 is 0. The number of hydrogen-bond donors (Lipinski definition) is 0. The third-order valence-corrected chi connectivity index (χ3v) is 4.88. The molecule has 0 heterocycles. The van der Waals surface area contributed by atoms with Gasteiger partial charge in [-0.2, -0.15) is 0 Å². The molecule has 3 heteroatoms. The topological polar surface area (TPSA) is 15.7 Å². The molecule has 0 saturated heterocycles. The van der Waals surface area contributed by atoms with Gasteiger partial charge < -0.3 is 14.5 Å². The van der Waals surface area contributed by atoms with Crippen LogP contribution in [0, 0.1) is 5.92 Å². The Morgan fingerprint density at radius 2 is 1.67 bits per heavy atom. The predicted molar refractivity (Wildman–Crippen MR) is 91.8 cm³/mol. The summed E-state index contributed by atoms with van der Waals surface area (Å²) in [6.07, 6.45) is 3.87. The zero-order valence-corrected chi connectivity index (χ0v) is 14.7. The number of hydrogen-bond acceptors (Lipinski definition) is 3. The lowest BCUT2D eigenvalue weighted by molar-refractivity contribution is -0.0192. The fourth-order valence-corrected chi connectivity index (χ4v) is 3.27. The maximum atomic E-state index is 6.26. The summed E-state index contributed by atoms with van der Waals surface area (Å²) in [7, 11) is 0. The molecule has 3 nitrogen and oxygen atoms in total. The Balaban J connectivity index is 2.45. The minimum absolute atomic E-state index is 0.423. The maximum Gasteiger partial charge on any atom is 0.0622 e. The molecule has 0 aromatic rings. The van der Waals surface area contributed by atoms with E-state index in [1.807, 2.05) is 0 Å². The van der Waals surface area contributed by atoms with Gasteiger partial charge >= 0.3 is 0 Å². The lowest BCUT2D eigenvalue weighted by atomic mass is 9.83. The van der Waals surface area contributed by atoms with Crippen LogP contribution in [0.3, 0.4) is 0 Å². The number of allylic oxidation sites excluding steroid dienone is 1. The molecule has 0 spiro atoms. The van der Waals surface area contributed by atoms with Crippen molar-refractivity contribution in [1.82, 2.24) is 9.80 Å². The molecule has 1 rings (SSSR count). The van der Waals surface area contributed by atoms with Crippen LogP contribution in [-0.4, -0.2) is 61.8 Å². The van der Waals surface area contributed by atoms with Crippen LogP contribution in [0.1, 0.15) is 47.0 Å². The van der Waals surface area contributed by atoms with Crippen LogP contribution >= 0.6 is 0 Å². The summed E-state index contributed by atoms with van der Waals surface area (Å²) in [5.74, 6) is 0.628. The van der Waals surface area contributed by atoms with Crippen molar-refractivity contribution in [2.24, 2.45) is 5.92 Å². The van der Waals surface area contributed by atoms with Crippen molar-refractivity contribution in [1.29, 1.82) is 0 Å². The molecule has 1 saturated carbocycles. The quantitative estimate of drug-likeness (QED) is 0.575. The first-order valence-corrected chi connectivity index (χ1v) is 8.87. The van der Waals surface area contributed by atoms with Gasteiger partial charge in [0.15, 0.2) is 0 Å². The second-order valence-electron chi connectivity index (χ2n) is 6.17. The number of likely N-dealkylation sites (N-methyl/N-ethyl adjacent to an activating group) is 1. The highest BCUT2D eigenvalue weighted by Gasteiger charge is 2.28. The van der Waals surface area contributed by atoms with Gasteiger partial charge in [-0.25, -0.2) is 0 Å². The fraction of sp³-hybridized carbons (Fsp3) is 0.889. The van der Waals surface area contributed by atoms with E-state index in [9.17, 15) is 0 Å². The number of nitrogens with zero attached hydrogens (tertiary/aromatic N) is 2. The molecule has 21 heavy (non-hydrogen) atoms. The van der Waals surface area contributed by atoms with E-state index in [0.717, 1.165) is 65.1 Å². The molecule has 0 N–H and O–H groups in total. The molecule has 0 radical (unpaired) electrons. The van der Waals surface area contributed by atoms with Crippen LogP contribution in [0.5, 0.6) is 0 Å². The zero-order valence-electron chi connectivity index (χ0n) is 14.7. The van der Waals surface area contributed by atoms with Crippen molar-refractivity contribution in [2.45, 2.75) is 53.1 Å². The summed E-state index contributed by atoms with van der Waals surface area (Å²) < 4.78 is 6.26. The lowest BCUT2D eigenvalue weighted by Crippen LogP contribution is -2.39. The molecule has 0 bridgehead atoms. The van der Waals surface area contributed by atoms with Crippen molar-refractivity contribution in [3.8, 4) is 0 Å². The summed E-state index contributed by atoms with van der Waals surface area (Å²) in [6, 6.07) is 0. The van der Waals surface area contributed by atoms with Gasteiger partial charge in [-0.3, -0.25) is 0 Å².